The fourth-order valence-electron chi connectivity index (χ4n) is 1.92. The third-order valence-electron chi connectivity index (χ3n) is 3.21. The van der Waals surface area contributed by atoms with Crippen molar-refractivity contribution in [2.24, 2.45) is 0 Å². The Balaban J connectivity index is 1.79. The van der Waals surface area contributed by atoms with E-state index < -0.39 is 0 Å². The summed E-state index contributed by atoms with van der Waals surface area (Å²) < 4.78 is 5.32. The summed E-state index contributed by atoms with van der Waals surface area (Å²) in [6, 6.07) is 3.42. The number of hydrogen-bond acceptors (Lipinski definition) is 4. The van der Waals surface area contributed by atoms with Gasteiger partial charge in [0, 0.05) is 32.3 Å². The molecule has 1 fully saturated rings. The maximum atomic E-state index is 5.32. The molecule has 17 heavy (non-hydrogen) atoms. The highest BCUT2D eigenvalue weighted by Crippen LogP contribution is 2.19. The second-order valence-corrected chi connectivity index (χ2v) is 5.62. The van der Waals surface area contributed by atoms with Crippen molar-refractivity contribution >= 4 is 11.3 Å². The summed E-state index contributed by atoms with van der Waals surface area (Å²) in [7, 11) is 3.96. The van der Waals surface area contributed by atoms with Crippen molar-refractivity contribution in [2.45, 2.75) is 31.5 Å². The fourth-order valence-corrected chi connectivity index (χ4v) is 2.58. The van der Waals surface area contributed by atoms with Crippen molar-refractivity contribution in [3.05, 3.63) is 22.4 Å². The molecule has 0 bridgehead atoms. The standard InChI is InChI=1S/C13H22N2OS/c1-15(8-11-5-6-17-10-11)13(9-16-2)7-14-12-3-4-12/h5-6,10,12-14H,3-4,7-9H2,1-2H3. The van der Waals surface area contributed by atoms with Crippen molar-refractivity contribution in [1.29, 1.82) is 0 Å². The highest BCUT2D eigenvalue weighted by atomic mass is 32.1. The Hall–Kier alpha value is -0.420. The summed E-state index contributed by atoms with van der Waals surface area (Å²) in [4.78, 5) is 2.38. The SMILES string of the molecule is COCC(CNC1CC1)N(C)Cc1ccsc1. The Labute approximate surface area is 108 Å². The summed E-state index contributed by atoms with van der Waals surface area (Å²) >= 11 is 1.76. The minimum absolute atomic E-state index is 0.459. The molecule has 1 aliphatic rings. The van der Waals surface area contributed by atoms with Crippen LogP contribution in [0.5, 0.6) is 0 Å². The minimum atomic E-state index is 0.459. The van der Waals surface area contributed by atoms with E-state index in [1.165, 1.54) is 18.4 Å². The van der Waals surface area contributed by atoms with Gasteiger partial charge in [-0.3, -0.25) is 4.90 Å². The van der Waals surface area contributed by atoms with E-state index in [-0.39, 0.29) is 0 Å². The lowest BCUT2D eigenvalue weighted by Gasteiger charge is -2.27. The molecule has 4 heteroatoms. The molecule has 2 rings (SSSR count). The maximum Gasteiger partial charge on any atom is 0.0630 e. The first-order valence-corrected chi connectivity index (χ1v) is 7.17. The summed E-state index contributed by atoms with van der Waals surface area (Å²) in [6.07, 6.45) is 2.68. The van der Waals surface area contributed by atoms with Crippen LogP contribution in [0.2, 0.25) is 0 Å². The highest BCUT2D eigenvalue weighted by molar-refractivity contribution is 7.07. The van der Waals surface area contributed by atoms with Gasteiger partial charge in [-0.05, 0) is 42.3 Å². The zero-order valence-electron chi connectivity index (χ0n) is 10.7. The van der Waals surface area contributed by atoms with Crippen molar-refractivity contribution in [2.75, 3.05) is 27.3 Å². The largest absolute Gasteiger partial charge is 0.383 e. The molecular weight excluding hydrogens is 232 g/mol. The summed E-state index contributed by atoms with van der Waals surface area (Å²) in [6.45, 7) is 2.82. The summed E-state index contributed by atoms with van der Waals surface area (Å²) in [5.41, 5.74) is 1.39. The van der Waals surface area contributed by atoms with Gasteiger partial charge < -0.3 is 10.1 Å². The molecule has 1 saturated carbocycles. The van der Waals surface area contributed by atoms with Crippen LogP contribution in [-0.2, 0) is 11.3 Å². The number of likely N-dealkylation sites (N-methyl/N-ethyl adjacent to an activating group) is 1. The van der Waals surface area contributed by atoms with Gasteiger partial charge in [-0.2, -0.15) is 11.3 Å². The van der Waals surface area contributed by atoms with Gasteiger partial charge in [-0.1, -0.05) is 0 Å². The molecule has 0 saturated heterocycles. The summed E-state index contributed by atoms with van der Waals surface area (Å²) in [5.74, 6) is 0. The van der Waals surface area contributed by atoms with Gasteiger partial charge in [0.05, 0.1) is 6.61 Å². The second kappa shape index (κ2) is 6.50. The van der Waals surface area contributed by atoms with Crippen LogP contribution in [0.25, 0.3) is 0 Å². The van der Waals surface area contributed by atoms with E-state index in [1.807, 2.05) is 0 Å². The van der Waals surface area contributed by atoms with Crippen LogP contribution < -0.4 is 5.32 Å². The number of rotatable bonds is 8. The lowest BCUT2D eigenvalue weighted by atomic mass is 10.2. The number of ether oxygens (including phenoxy) is 1. The average Bonchev–Trinajstić information content (AvgIpc) is 3.01. The van der Waals surface area contributed by atoms with E-state index in [0.29, 0.717) is 6.04 Å². The lowest BCUT2D eigenvalue weighted by Crippen LogP contribution is -2.43. The molecule has 1 N–H and O–H groups in total. The van der Waals surface area contributed by atoms with Crippen LogP contribution in [0.4, 0.5) is 0 Å². The molecule has 0 radical (unpaired) electrons. The summed E-state index contributed by atoms with van der Waals surface area (Å²) in [5, 5.41) is 7.94. The van der Waals surface area contributed by atoms with Gasteiger partial charge in [-0.25, -0.2) is 0 Å². The third-order valence-corrected chi connectivity index (χ3v) is 3.95. The predicted molar refractivity (Wildman–Crippen MR) is 72.5 cm³/mol. The van der Waals surface area contributed by atoms with Crippen molar-refractivity contribution in [3.63, 3.8) is 0 Å². The van der Waals surface area contributed by atoms with Gasteiger partial charge in [0.15, 0.2) is 0 Å². The molecule has 3 nitrogen and oxygen atoms in total. The van der Waals surface area contributed by atoms with Gasteiger partial charge in [-0.15, -0.1) is 0 Å². The van der Waals surface area contributed by atoms with Gasteiger partial charge in [0.2, 0.25) is 0 Å². The second-order valence-electron chi connectivity index (χ2n) is 4.84. The Morgan fingerprint density at radius 1 is 1.59 bits per heavy atom. The minimum Gasteiger partial charge on any atom is -0.383 e. The quantitative estimate of drug-likeness (QED) is 0.767. The van der Waals surface area contributed by atoms with Crippen molar-refractivity contribution in [3.8, 4) is 0 Å². The monoisotopic (exact) mass is 254 g/mol. The molecule has 1 aliphatic carbocycles. The van der Waals surface area contributed by atoms with Crippen LogP contribution in [0, 0.1) is 0 Å². The normalized spacial score (nSPS) is 17.6. The Morgan fingerprint density at radius 2 is 2.41 bits per heavy atom. The molecule has 1 aromatic rings. The Kier molecular flexibility index (Phi) is 4.98. The van der Waals surface area contributed by atoms with Crippen LogP contribution in [0.1, 0.15) is 18.4 Å². The van der Waals surface area contributed by atoms with E-state index in [1.54, 1.807) is 18.4 Å². The predicted octanol–water partition coefficient (Wildman–Crippen LogP) is 1.95. The van der Waals surface area contributed by atoms with Crippen LogP contribution in [0.3, 0.4) is 0 Å². The topological polar surface area (TPSA) is 24.5 Å². The first-order valence-electron chi connectivity index (χ1n) is 6.23. The van der Waals surface area contributed by atoms with E-state index in [9.17, 15) is 0 Å². The molecule has 1 unspecified atom stereocenters. The van der Waals surface area contributed by atoms with E-state index in [2.05, 4.69) is 34.1 Å². The van der Waals surface area contributed by atoms with Gasteiger partial charge in [0.25, 0.3) is 0 Å². The molecular formula is C13H22N2OS. The first kappa shape index (κ1) is 13.0. The van der Waals surface area contributed by atoms with Gasteiger partial charge >= 0.3 is 0 Å². The number of methoxy groups -OCH3 is 1. The highest BCUT2D eigenvalue weighted by Gasteiger charge is 2.23. The van der Waals surface area contributed by atoms with Crippen molar-refractivity contribution in [1.82, 2.24) is 10.2 Å². The Morgan fingerprint density at radius 3 is 3.00 bits per heavy atom. The van der Waals surface area contributed by atoms with E-state index in [0.717, 1.165) is 25.7 Å². The Bertz CT molecular complexity index is 311. The van der Waals surface area contributed by atoms with Crippen molar-refractivity contribution < 1.29 is 4.74 Å². The van der Waals surface area contributed by atoms with E-state index >= 15 is 0 Å². The number of thiophene rings is 1. The first-order chi connectivity index (χ1) is 8.29. The number of nitrogens with zero attached hydrogens (tertiary/aromatic N) is 1. The zero-order chi connectivity index (χ0) is 12.1. The smallest absolute Gasteiger partial charge is 0.0630 e. The molecule has 1 atom stereocenters. The fraction of sp³-hybridized carbons (Fsp3) is 0.692. The molecule has 1 heterocycles. The lowest BCUT2D eigenvalue weighted by molar-refractivity contribution is 0.101. The average molecular weight is 254 g/mol. The molecule has 1 aromatic heterocycles. The van der Waals surface area contributed by atoms with Gasteiger partial charge in [0.1, 0.15) is 0 Å². The molecule has 0 spiro atoms. The molecule has 0 aromatic carbocycles. The molecule has 0 amide bonds. The number of nitrogens with one attached hydrogen (secondary N) is 1. The molecule has 96 valence electrons. The van der Waals surface area contributed by atoms with E-state index in [4.69, 9.17) is 4.74 Å². The molecule has 0 aliphatic heterocycles. The number of hydrogen-bond donors (Lipinski definition) is 1. The van der Waals surface area contributed by atoms with Crippen LogP contribution >= 0.6 is 11.3 Å². The zero-order valence-corrected chi connectivity index (χ0v) is 11.5. The van der Waals surface area contributed by atoms with Crippen LogP contribution in [0.15, 0.2) is 16.8 Å². The maximum absolute atomic E-state index is 5.32. The third kappa shape index (κ3) is 4.39. The van der Waals surface area contributed by atoms with Crippen LogP contribution in [-0.4, -0.2) is 44.3 Å².